The molecular formula is C21H17ClN4S2. The molecule has 0 saturated carbocycles. The minimum atomic E-state index is -0.0962. The van der Waals surface area contributed by atoms with Crippen LogP contribution in [0.1, 0.15) is 24.2 Å². The van der Waals surface area contributed by atoms with E-state index in [-0.39, 0.29) is 6.04 Å². The summed E-state index contributed by atoms with van der Waals surface area (Å²) in [5, 5.41) is 7.87. The standard InChI is InChI=1S/C21H17ClN4S2/c1-12-18(19(26-20(27)23-12)14-5-3-2-4-6-14)17-11-16(24-21(28)25-17)13-7-9-15(22)10-8-13/h2-11,19H,1H3,(H2,23,26,27)(H,24,25,28). The zero-order chi connectivity index (χ0) is 19.7. The van der Waals surface area contributed by atoms with Crippen molar-refractivity contribution in [3.8, 4) is 11.3 Å². The van der Waals surface area contributed by atoms with Gasteiger partial charge in [-0.3, -0.25) is 0 Å². The lowest BCUT2D eigenvalue weighted by Gasteiger charge is -2.31. The first-order valence-corrected chi connectivity index (χ1v) is 9.91. The molecule has 0 fully saturated rings. The molecular weight excluding hydrogens is 408 g/mol. The van der Waals surface area contributed by atoms with Crippen molar-refractivity contribution >= 4 is 46.7 Å². The molecule has 0 amide bonds. The van der Waals surface area contributed by atoms with Crippen molar-refractivity contribution in [2.75, 3.05) is 0 Å². The van der Waals surface area contributed by atoms with Gasteiger partial charge in [0.05, 0.1) is 11.7 Å². The molecule has 2 heterocycles. The van der Waals surface area contributed by atoms with Gasteiger partial charge in [-0.05, 0) is 55.1 Å². The number of rotatable bonds is 3. The number of benzene rings is 2. The highest BCUT2D eigenvalue weighted by Crippen LogP contribution is 2.34. The van der Waals surface area contributed by atoms with E-state index in [1.54, 1.807) is 0 Å². The van der Waals surface area contributed by atoms with Crippen LogP contribution in [0.2, 0.25) is 5.02 Å². The van der Waals surface area contributed by atoms with Gasteiger partial charge in [0.15, 0.2) is 9.88 Å². The van der Waals surface area contributed by atoms with E-state index in [0.29, 0.717) is 14.9 Å². The van der Waals surface area contributed by atoms with Crippen LogP contribution in [0.25, 0.3) is 16.8 Å². The zero-order valence-electron chi connectivity index (χ0n) is 15.0. The lowest BCUT2D eigenvalue weighted by molar-refractivity contribution is 0.755. The maximum absolute atomic E-state index is 6.02. The van der Waals surface area contributed by atoms with E-state index < -0.39 is 0 Å². The third kappa shape index (κ3) is 3.85. The number of thiocarbonyl (C=S) groups is 1. The van der Waals surface area contributed by atoms with E-state index in [0.717, 1.165) is 33.8 Å². The average molecular weight is 425 g/mol. The highest BCUT2D eigenvalue weighted by Gasteiger charge is 2.26. The Labute approximate surface area is 178 Å². The Morgan fingerprint density at radius 1 is 1.00 bits per heavy atom. The smallest absolute Gasteiger partial charge is 0.197 e. The van der Waals surface area contributed by atoms with E-state index >= 15 is 0 Å². The summed E-state index contributed by atoms with van der Waals surface area (Å²) < 4.78 is 0.419. The van der Waals surface area contributed by atoms with E-state index in [4.69, 9.17) is 36.0 Å². The molecule has 2 aromatic carbocycles. The summed E-state index contributed by atoms with van der Waals surface area (Å²) in [5.74, 6) is 0. The van der Waals surface area contributed by atoms with E-state index in [9.17, 15) is 0 Å². The van der Waals surface area contributed by atoms with Gasteiger partial charge in [-0.15, -0.1) is 0 Å². The zero-order valence-corrected chi connectivity index (χ0v) is 17.4. The second-order valence-corrected chi connectivity index (χ2v) is 7.70. The van der Waals surface area contributed by atoms with Crippen LogP contribution in [0.15, 0.2) is 66.4 Å². The number of aromatic nitrogens is 2. The van der Waals surface area contributed by atoms with Crippen LogP contribution in [0, 0.1) is 4.77 Å². The van der Waals surface area contributed by atoms with Gasteiger partial charge in [0.1, 0.15) is 0 Å². The molecule has 140 valence electrons. The highest BCUT2D eigenvalue weighted by atomic mass is 35.5. The monoisotopic (exact) mass is 424 g/mol. The Balaban J connectivity index is 1.86. The molecule has 1 atom stereocenters. The molecule has 28 heavy (non-hydrogen) atoms. The van der Waals surface area contributed by atoms with Crippen LogP contribution in [0.5, 0.6) is 0 Å². The molecule has 0 aliphatic carbocycles. The summed E-state index contributed by atoms with van der Waals surface area (Å²) in [6.07, 6.45) is 0. The van der Waals surface area contributed by atoms with Crippen molar-refractivity contribution in [3.05, 3.63) is 87.4 Å². The first kappa shape index (κ1) is 18.8. The molecule has 0 bridgehead atoms. The van der Waals surface area contributed by atoms with Gasteiger partial charge >= 0.3 is 0 Å². The van der Waals surface area contributed by atoms with Gasteiger partial charge < -0.3 is 15.6 Å². The fourth-order valence-electron chi connectivity index (χ4n) is 3.32. The normalized spacial score (nSPS) is 16.5. The molecule has 4 rings (SSSR count). The number of halogens is 1. The predicted octanol–water partition coefficient (Wildman–Crippen LogP) is 5.41. The van der Waals surface area contributed by atoms with Gasteiger partial charge in [-0.2, -0.15) is 0 Å². The summed E-state index contributed by atoms with van der Waals surface area (Å²) in [6.45, 7) is 2.01. The Bertz CT molecular complexity index is 1120. The Kier molecular flexibility index (Phi) is 5.26. The summed E-state index contributed by atoms with van der Waals surface area (Å²) in [6, 6.07) is 19.7. The van der Waals surface area contributed by atoms with Crippen LogP contribution in [-0.2, 0) is 0 Å². The van der Waals surface area contributed by atoms with Crippen molar-refractivity contribution in [3.63, 3.8) is 0 Å². The lowest BCUT2D eigenvalue weighted by Crippen LogP contribution is -2.42. The molecule has 3 aromatic rings. The molecule has 3 N–H and O–H groups in total. The van der Waals surface area contributed by atoms with Crippen LogP contribution >= 0.6 is 36.0 Å². The lowest BCUT2D eigenvalue weighted by atomic mass is 9.92. The van der Waals surface area contributed by atoms with Gasteiger partial charge in [0, 0.05) is 27.6 Å². The first-order valence-electron chi connectivity index (χ1n) is 8.72. The fourth-order valence-corrected chi connectivity index (χ4v) is 3.92. The number of nitrogens with zero attached hydrogens (tertiary/aromatic N) is 1. The maximum Gasteiger partial charge on any atom is 0.197 e. The predicted molar refractivity (Wildman–Crippen MR) is 121 cm³/mol. The molecule has 1 aliphatic heterocycles. The largest absolute Gasteiger partial charge is 0.351 e. The van der Waals surface area contributed by atoms with E-state index in [1.807, 2.05) is 55.5 Å². The summed E-state index contributed by atoms with van der Waals surface area (Å²) in [5.41, 5.74) is 5.76. The minimum Gasteiger partial charge on any atom is -0.351 e. The number of H-pyrrole nitrogens is 1. The highest BCUT2D eigenvalue weighted by molar-refractivity contribution is 7.80. The number of hydrogen-bond donors (Lipinski definition) is 3. The SMILES string of the molecule is CC1=C(c2cc(-c3ccc(Cl)cc3)nc(=S)[nH]2)C(c2ccccc2)NC(=S)N1. The van der Waals surface area contributed by atoms with Crippen molar-refractivity contribution in [2.45, 2.75) is 13.0 Å². The van der Waals surface area contributed by atoms with Crippen molar-refractivity contribution < 1.29 is 0 Å². The molecule has 0 radical (unpaired) electrons. The Morgan fingerprint density at radius 2 is 1.71 bits per heavy atom. The van der Waals surface area contributed by atoms with Crippen molar-refractivity contribution in [1.82, 2.24) is 20.6 Å². The summed E-state index contributed by atoms with van der Waals surface area (Å²) in [4.78, 5) is 7.73. The van der Waals surface area contributed by atoms with Gasteiger partial charge in [0.2, 0.25) is 0 Å². The molecule has 0 saturated heterocycles. The average Bonchev–Trinajstić information content (AvgIpc) is 2.68. The second kappa shape index (κ2) is 7.83. The molecule has 7 heteroatoms. The molecule has 4 nitrogen and oxygen atoms in total. The number of aromatic amines is 1. The Hall–Kier alpha value is -2.54. The topological polar surface area (TPSA) is 52.7 Å². The number of allylic oxidation sites excluding steroid dienone is 1. The molecule has 1 aromatic heterocycles. The third-order valence-corrected chi connectivity index (χ3v) is 5.24. The molecule has 0 spiro atoms. The number of hydrogen-bond acceptors (Lipinski definition) is 3. The molecule has 1 unspecified atom stereocenters. The fraction of sp³-hybridized carbons (Fsp3) is 0.0952. The van der Waals surface area contributed by atoms with Crippen LogP contribution in [0.3, 0.4) is 0 Å². The van der Waals surface area contributed by atoms with Crippen LogP contribution < -0.4 is 10.6 Å². The minimum absolute atomic E-state index is 0.0962. The van der Waals surface area contributed by atoms with Crippen molar-refractivity contribution in [1.29, 1.82) is 0 Å². The summed E-state index contributed by atoms with van der Waals surface area (Å²) in [7, 11) is 0. The van der Waals surface area contributed by atoms with Crippen LogP contribution in [-0.4, -0.2) is 15.1 Å². The number of nitrogens with one attached hydrogen (secondary N) is 3. The van der Waals surface area contributed by atoms with Gasteiger partial charge in [-0.25, -0.2) is 4.98 Å². The first-order chi connectivity index (χ1) is 13.5. The van der Waals surface area contributed by atoms with Gasteiger partial charge in [0.25, 0.3) is 0 Å². The second-order valence-electron chi connectivity index (χ2n) is 6.47. The van der Waals surface area contributed by atoms with Crippen molar-refractivity contribution in [2.24, 2.45) is 0 Å². The van der Waals surface area contributed by atoms with Crippen LogP contribution in [0.4, 0.5) is 0 Å². The quantitative estimate of drug-likeness (QED) is 0.491. The Morgan fingerprint density at radius 3 is 2.43 bits per heavy atom. The third-order valence-electron chi connectivity index (χ3n) is 4.58. The summed E-state index contributed by atoms with van der Waals surface area (Å²) >= 11 is 16.8. The maximum atomic E-state index is 6.02. The van der Waals surface area contributed by atoms with E-state index in [2.05, 4.69) is 32.7 Å². The molecule has 1 aliphatic rings. The van der Waals surface area contributed by atoms with Gasteiger partial charge in [-0.1, -0.05) is 54.1 Å². The van der Waals surface area contributed by atoms with E-state index in [1.165, 1.54) is 0 Å².